The van der Waals surface area contributed by atoms with Crippen molar-refractivity contribution in [2.45, 2.75) is 45.9 Å². The standard InChI is InChI=1S/C29H31N5O6S/c1-17-11-13-20(14-12-17)41(37,38)34-25-24(40-23-10-8-7-9-22(23)39-6)21(16-29(4,5)28(35)36)32-27(33-25)26-30-18(2)15-19(3)31-26/h7-15H,16H2,1-6H3,(H,35,36)(H,32,33,34). The summed E-state index contributed by atoms with van der Waals surface area (Å²) >= 11 is 0. The van der Waals surface area contributed by atoms with E-state index in [4.69, 9.17) is 9.47 Å². The van der Waals surface area contributed by atoms with E-state index in [0.29, 0.717) is 17.1 Å². The molecule has 0 atom stereocenters. The van der Waals surface area contributed by atoms with E-state index in [9.17, 15) is 18.3 Å². The Bertz CT molecular complexity index is 1690. The molecule has 0 fully saturated rings. The van der Waals surface area contributed by atoms with Crippen LogP contribution in [-0.2, 0) is 21.2 Å². The predicted molar refractivity (Wildman–Crippen MR) is 153 cm³/mol. The van der Waals surface area contributed by atoms with Gasteiger partial charge in [-0.15, -0.1) is 0 Å². The van der Waals surface area contributed by atoms with Crippen LogP contribution in [0.2, 0.25) is 0 Å². The molecule has 2 N–H and O–H groups in total. The van der Waals surface area contributed by atoms with Gasteiger partial charge in [-0.05, 0) is 65.0 Å². The van der Waals surface area contributed by atoms with Crippen molar-refractivity contribution >= 4 is 21.8 Å². The number of ether oxygens (including phenoxy) is 2. The van der Waals surface area contributed by atoms with Crippen LogP contribution in [0.5, 0.6) is 17.2 Å². The topological polar surface area (TPSA) is 153 Å². The molecule has 4 rings (SSSR count). The molecule has 0 amide bonds. The number of rotatable bonds is 10. The number of aryl methyl sites for hydroxylation is 3. The van der Waals surface area contributed by atoms with Crippen LogP contribution in [0.25, 0.3) is 11.6 Å². The van der Waals surface area contributed by atoms with E-state index in [1.807, 2.05) is 6.92 Å². The highest BCUT2D eigenvalue weighted by Gasteiger charge is 2.33. The first kappa shape index (κ1) is 29.4. The minimum absolute atomic E-state index is 0.00145. The van der Waals surface area contributed by atoms with Crippen LogP contribution in [0.3, 0.4) is 0 Å². The van der Waals surface area contributed by atoms with Crippen LogP contribution < -0.4 is 14.2 Å². The number of anilines is 1. The van der Waals surface area contributed by atoms with Gasteiger partial charge >= 0.3 is 5.97 Å². The van der Waals surface area contributed by atoms with Gasteiger partial charge in [-0.3, -0.25) is 9.52 Å². The summed E-state index contributed by atoms with van der Waals surface area (Å²) in [6, 6.07) is 14.8. The largest absolute Gasteiger partial charge is 0.493 e. The lowest BCUT2D eigenvalue weighted by molar-refractivity contribution is -0.146. The Labute approximate surface area is 238 Å². The summed E-state index contributed by atoms with van der Waals surface area (Å²) in [5.74, 6) is -0.596. The number of aromatic nitrogens is 4. The zero-order chi connectivity index (χ0) is 29.9. The Morgan fingerprint density at radius 2 is 1.49 bits per heavy atom. The average molecular weight is 578 g/mol. The van der Waals surface area contributed by atoms with Gasteiger partial charge in [0.05, 0.1) is 23.1 Å². The minimum atomic E-state index is -4.16. The number of benzene rings is 2. The van der Waals surface area contributed by atoms with Crippen LogP contribution >= 0.6 is 0 Å². The summed E-state index contributed by atoms with van der Waals surface area (Å²) < 4.78 is 41.2. The van der Waals surface area contributed by atoms with Gasteiger partial charge in [0.25, 0.3) is 10.0 Å². The number of aliphatic carboxylic acids is 1. The molecule has 2 heterocycles. The number of sulfonamides is 1. The molecule has 0 saturated carbocycles. The van der Waals surface area contributed by atoms with Crippen LogP contribution in [0.1, 0.15) is 36.5 Å². The number of nitrogens with zero attached hydrogens (tertiary/aromatic N) is 4. The van der Waals surface area contributed by atoms with Gasteiger partial charge in [0, 0.05) is 17.8 Å². The van der Waals surface area contributed by atoms with Gasteiger partial charge in [0.1, 0.15) is 0 Å². The van der Waals surface area contributed by atoms with Gasteiger partial charge in [-0.2, -0.15) is 0 Å². The average Bonchev–Trinajstić information content (AvgIpc) is 2.89. The van der Waals surface area contributed by atoms with Crippen molar-refractivity contribution in [2.24, 2.45) is 5.41 Å². The molecular weight excluding hydrogens is 546 g/mol. The summed E-state index contributed by atoms with van der Waals surface area (Å²) in [7, 11) is -2.69. The number of carboxylic acids is 1. The lowest BCUT2D eigenvalue weighted by atomic mass is 9.87. The molecule has 12 heteroatoms. The van der Waals surface area contributed by atoms with Crippen LogP contribution in [-0.4, -0.2) is 46.5 Å². The number of hydrogen-bond acceptors (Lipinski definition) is 9. The Morgan fingerprint density at radius 3 is 2.07 bits per heavy atom. The van der Waals surface area contributed by atoms with Gasteiger partial charge in [0.15, 0.2) is 34.7 Å². The van der Waals surface area contributed by atoms with Crippen molar-refractivity contribution in [1.29, 1.82) is 0 Å². The SMILES string of the molecule is COc1ccccc1Oc1c(CC(C)(C)C(=O)O)nc(-c2nc(C)cc(C)n2)nc1NS(=O)(=O)c1ccc(C)cc1. The molecule has 41 heavy (non-hydrogen) atoms. The summed E-state index contributed by atoms with van der Waals surface area (Å²) in [5.41, 5.74) is 1.02. The number of carboxylic acid groups (broad SMARTS) is 1. The first-order valence-electron chi connectivity index (χ1n) is 12.7. The highest BCUT2D eigenvalue weighted by molar-refractivity contribution is 7.92. The quantitative estimate of drug-likeness (QED) is 0.260. The number of nitrogens with one attached hydrogen (secondary N) is 1. The fraction of sp³-hybridized carbons (Fsp3) is 0.276. The van der Waals surface area contributed by atoms with E-state index < -0.39 is 21.4 Å². The summed E-state index contributed by atoms with van der Waals surface area (Å²) in [4.78, 5) is 30.1. The molecule has 4 aromatic rings. The summed E-state index contributed by atoms with van der Waals surface area (Å²) in [6.45, 7) is 8.49. The van der Waals surface area contributed by atoms with E-state index in [-0.39, 0.29) is 46.0 Å². The first-order chi connectivity index (χ1) is 19.3. The normalized spacial score (nSPS) is 11.7. The Kier molecular flexibility index (Phi) is 8.24. The smallest absolute Gasteiger partial charge is 0.309 e. The van der Waals surface area contributed by atoms with Gasteiger partial charge < -0.3 is 14.6 Å². The van der Waals surface area contributed by atoms with Crippen molar-refractivity contribution < 1.29 is 27.8 Å². The molecule has 0 unspecified atom stereocenters. The number of para-hydroxylation sites is 2. The maximum absolute atomic E-state index is 13.5. The molecule has 0 radical (unpaired) electrons. The number of carbonyl (C=O) groups is 1. The zero-order valence-corrected chi connectivity index (χ0v) is 24.4. The van der Waals surface area contributed by atoms with Crippen molar-refractivity contribution in [3.8, 4) is 28.9 Å². The van der Waals surface area contributed by atoms with Crippen LogP contribution in [0.15, 0.2) is 59.5 Å². The molecule has 0 aliphatic carbocycles. The van der Waals surface area contributed by atoms with E-state index in [0.717, 1.165) is 5.56 Å². The lowest BCUT2D eigenvalue weighted by Gasteiger charge is -2.22. The van der Waals surface area contributed by atoms with Crippen molar-refractivity contribution in [3.05, 3.63) is 77.2 Å². The van der Waals surface area contributed by atoms with Gasteiger partial charge in [-0.25, -0.2) is 28.4 Å². The maximum Gasteiger partial charge on any atom is 0.309 e. The van der Waals surface area contributed by atoms with Crippen molar-refractivity contribution in [1.82, 2.24) is 19.9 Å². The third kappa shape index (κ3) is 6.77. The van der Waals surface area contributed by atoms with Crippen molar-refractivity contribution in [3.63, 3.8) is 0 Å². The summed E-state index contributed by atoms with van der Waals surface area (Å²) in [6.07, 6.45) is -0.133. The monoisotopic (exact) mass is 577 g/mol. The predicted octanol–water partition coefficient (Wildman–Crippen LogP) is 5.11. The second-order valence-corrected chi connectivity index (χ2v) is 11.9. The zero-order valence-electron chi connectivity index (χ0n) is 23.6. The number of methoxy groups -OCH3 is 1. The third-order valence-electron chi connectivity index (χ3n) is 6.15. The van der Waals surface area contributed by atoms with E-state index >= 15 is 0 Å². The maximum atomic E-state index is 13.5. The minimum Gasteiger partial charge on any atom is -0.493 e. The molecule has 0 aliphatic rings. The highest BCUT2D eigenvalue weighted by Crippen LogP contribution is 2.40. The second kappa shape index (κ2) is 11.5. The third-order valence-corrected chi connectivity index (χ3v) is 7.50. The molecule has 214 valence electrons. The fourth-order valence-corrected chi connectivity index (χ4v) is 4.94. The van der Waals surface area contributed by atoms with E-state index in [2.05, 4.69) is 24.7 Å². The molecule has 0 spiro atoms. The first-order valence-corrected chi connectivity index (χ1v) is 14.1. The van der Waals surface area contributed by atoms with Gasteiger partial charge in [0.2, 0.25) is 0 Å². The molecule has 2 aromatic carbocycles. The Balaban J connectivity index is 1.99. The molecular formula is C29H31N5O6S. The highest BCUT2D eigenvalue weighted by atomic mass is 32.2. The fourth-order valence-electron chi connectivity index (χ4n) is 3.93. The van der Waals surface area contributed by atoms with E-state index in [1.165, 1.54) is 33.1 Å². The molecule has 0 saturated heterocycles. The summed E-state index contributed by atoms with van der Waals surface area (Å²) in [5, 5.41) is 9.91. The van der Waals surface area contributed by atoms with Crippen LogP contribution in [0.4, 0.5) is 5.82 Å². The van der Waals surface area contributed by atoms with E-state index in [1.54, 1.807) is 56.3 Å². The number of hydrogen-bond donors (Lipinski definition) is 2. The van der Waals surface area contributed by atoms with Gasteiger partial charge in [-0.1, -0.05) is 29.8 Å². The molecule has 0 bridgehead atoms. The molecule has 11 nitrogen and oxygen atoms in total. The molecule has 0 aliphatic heterocycles. The Hall–Kier alpha value is -4.58. The lowest BCUT2D eigenvalue weighted by Crippen LogP contribution is -2.27. The molecule has 2 aromatic heterocycles. The Morgan fingerprint density at radius 1 is 0.902 bits per heavy atom. The second-order valence-electron chi connectivity index (χ2n) is 10.2. The van der Waals surface area contributed by atoms with Crippen molar-refractivity contribution in [2.75, 3.05) is 11.8 Å². The van der Waals surface area contributed by atoms with Crippen LogP contribution in [0, 0.1) is 26.2 Å².